The maximum absolute atomic E-state index is 12.6. The third-order valence-corrected chi connectivity index (χ3v) is 3.72. The molecule has 1 N–H and O–H groups in total. The van der Waals surface area contributed by atoms with Crippen molar-refractivity contribution < 1.29 is 4.79 Å². The van der Waals surface area contributed by atoms with Crippen LogP contribution in [0.2, 0.25) is 0 Å². The van der Waals surface area contributed by atoms with Gasteiger partial charge < -0.3 is 5.32 Å². The van der Waals surface area contributed by atoms with Crippen LogP contribution in [0.4, 0.5) is 0 Å². The van der Waals surface area contributed by atoms with E-state index in [0.29, 0.717) is 12.1 Å². The lowest BCUT2D eigenvalue weighted by atomic mass is 10.1. The lowest BCUT2D eigenvalue weighted by Gasteiger charge is -2.20. The van der Waals surface area contributed by atoms with Crippen LogP contribution in [0.1, 0.15) is 27.5 Å². The van der Waals surface area contributed by atoms with E-state index in [1.807, 2.05) is 60.3 Å². The molecule has 1 aromatic carbocycles. The van der Waals surface area contributed by atoms with Gasteiger partial charge in [0, 0.05) is 24.8 Å². The van der Waals surface area contributed by atoms with Crippen LogP contribution in [0.15, 0.2) is 67.3 Å². The average molecular weight is 306 g/mol. The number of aryl methyl sites for hydroxylation is 1. The quantitative estimate of drug-likeness (QED) is 0.788. The van der Waals surface area contributed by atoms with Gasteiger partial charge >= 0.3 is 0 Å². The molecule has 1 atom stereocenters. The van der Waals surface area contributed by atoms with Crippen molar-refractivity contribution in [2.24, 2.45) is 0 Å². The highest BCUT2D eigenvalue weighted by Crippen LogP contribution is 2.16. The summed E-state index contributed by atoms with van der Waals surface area (Å²) in [6.07, 6.45) is 6.90. The largest absolute Gasteiger partial charge is 0.343 e. The van der Waals surface area contributed by atoms with Gasteiger partial charge in [-0.2, -0.15) is 5.10 Å². The Balaban J connectivity index is 1.84. The Hall–Kier alpha value is -2.95. The zero-order valence-electron chi connectivity index (χ0n) is 12.9. The number of carbonyl (C=O) groups is 1. The van der Waals surface area contributed by atoms with E-state index in [1.165, 1.54) is 0 Å². The molecular formula is C18H18N4O. The Morgan fingerprint density at radius 1 is 1.17 bits per heavy atom. The van der Waals surface area contributed by atoms with Gasteiger partial charge in [-0.15, -0.1) is 0 Å². The standard InChI is InChI=1S/C18H18N4O/c1-14-8-10-19-12-16(14)18(23)21-17(13-22-11-5-9-20-22)15-6-3-2-4-7-15/h2-12,17H,13H2,1H3,(H,21,23). The van der Waals surface area contributed by atoms with Gasteiger partial charge in [0.2, 0.25) is 0 Å². The molecule has 0 saturated heterocycles. The van der Waals surface area contributed by atoms with Crippen LogP contribution >= 0.6 is 0 Å². The number of pyridine rings is 1. The highest BCUT2D eigenvalue weighted by Gasteiger charge is 2.17. The van der Waals surface area contributed by atoms with Crippen LogP contribution in [0, 0.1) is 6.92 Å². The molecule has 0 bridgehead atoms. The summed E-state index contributed by atoms with van der Waals surface area (Å²) in [5, 5.41) is 7.32. The van der Waals surface area contributed by atoms with Crippen molar-refractivity contribution in [3.8, 4) is 0 Å². The third-order valence-electron chi connectivity index (χ3n) is 3.72. The van der Waals surface area contributed by atoms with E-state index < -0.39 is 0 Å². The van der Waals surface area contributed by atoms with Crippen LogP contribution in [0.25, 0.3) is 0 Å². The molecule has 3 aromatic rings. The minimum atomic E-state index is -0.164. The smallest absolute Gasteiger partial charge is 0.253 e. The van der Waals surface area contributed by atoms with Crippen LogP contribution in [0.3, 0.4) is 0 Å². The lowest BCUT2D eigenvalue weighted by Crippen LogP contribution is -2.32. The molecule has 116 valence electrons. The Morgan fingerprint density at radius 3 is 2.70 bits per heavy atom. The number of nitrogens with zero attached hydrogens (tertiary/aromatic N) is 3. The fourth-order valence-electron chi connectivity index (χ4n) is 2.45. The molecule has 0 fully saturated rings. The summed E-state index contributed by atoms with van der Waals surface area (Å²) < 4.78 is 1.81. The van der Waals surface area contributed by atoms with Gasteiger partial charge in [-0.3, -0.25) is 14.5 Å². The van der Waals surface area contributed by atoms with Gasteiger partial charge in [0.05, 0.1) is 18.2 Å². The molecule has 0 aliphatic carbocycles. The number of carbonyl (C=O) groups excluding carboxylic acids is 1. The Bertz CT molecular complexity index is 769. The predicted molar refractivity (Wildman–Crippen MR) is 87.9 cm³/mol. The maximum Gasteiger partial charge on any atom is 0.253 e. The first-order valence-corrected chi connectivity index (χ1v) is 7.48. The monoisotopic (exact) mass is 306 g/mol. The van der Waals surface area contributed by atoms with E-state index in [4.69, 9.17) is 0 Å². The van der Waals surface area contributed by atoms with Crippen molar-refractivity contribution in [3.05, 3.63) is 83.9 Å². The van der Waals surface area contributed by atoms with Gasteiger partial charge in [0.1, 0.15) is 0 Å². The van der Waals surface area contributed by atoms with Gasteiger partial charge in [-0.25, -0.2) is 0 Å². The highest BCUT2D eigenvalue weighted by molar-refractivity contribution is 5.95. The van der Waals surface area contributed by atoms with Crippen molar-refractivity contribution in [2.75, 3.05) is 0 Å². The minimum Gasteiger partial charge on any atom is -0.343 e. The van der Waals surface area contributed by atoms with E-state index in [2.05, 4.69) is 15.4 Å². The number of aromatic nitrogens is 3. The zero-order valence-corrected chi connectivity index (χ0v) is 12.9. The summed E-state index contributed by atoms with van der Waals surface area (Å²) in [5.41, 5.74) is 2.54. The van der Waals surface area contributed by atoms with Crippen molar-refractivity contribution in [2.45, 2.75) is 19.5 Å². The number of hydrogen-bond acceptors (Lipinski definition) is 3. The molecule has 5 nitrogen and oxygen atoms in total. The number of nitrogens with one attached hydrogen (secondary N) is 1. The van der Waals surface area contributed by atoms with E-state index in [1.54, 1.807) is 18.6 Å². The number of hydrogen-bond donors (Lipinski definition) is 1. The number of benzene rings is 1. The molecule has 0 aliphatic heterocycles. The van der Waals surface area contributed by atoms with Crippen molar-refractivity contribution in [3.63, 3.8) is 0 Å². The fraction of sp³-hybridized carbons (Fsp3) is 0.167. The topological polar surface area (TPSA) is 59.8 Å². The molecular weight excluding hydrogens is 288 g/mol. The summed E-state index contributed by atoms with van der Waals surface area (Å²) >= 11 is 0. The van der Waals surface area contributed by atoms with Crippen LogP contribution in [-0.2, 0) is 6.54 Å². The molecule has 2 aromatic heterocycles. The molecule has 1 unspecified atom stereocenters. The van der Waals surface area contributed by atoms with E-state index in [9.17, 15) is 4.79 Å². The first-order chi connectivity index (χ1) is 11.2. The SMILES string of the molecule is Cc1ccncc1C(=O)NC(Cn1cccn1)c1ccccc1. The van der Waals surface area contributed by atoms with Gasteiger partial charge in [-0.05, 0) is 30.2 Å². The minimum absolute atomic E-state index is 0.128. The van der Waals surface area contributed by atoms with E-state index >= 15 is 0 Å². The van der Waals surface area contributed by atoms with Crippen LogP contribution < -0.4 is 5.32 Å². The molecule has 2 heterocycles. The normalized spacial score (nSPS) is 11.9. The Labute approximate surface area is 135 Å². The van der Waals surface area contributed by atoms with Crippen LogP contribution in [-0.4, -0.2) is 20.7 Å². The Morgan fingerprint density at radius 2 is 2.00 bits per heavy atom. The first-order valence-electron chi connectivity index (χ1n) is 7.48. The third kappa shape index (κ3) is 3.63. The maximum atomic E-state index is 12.6. The van der Waals surface area contributed by atoms with E-state index in [0.717, 1.165) is 11.1 Å². The Kier molecular flexibility index (Phi) is 4.47. The molecule has 0 spiro atoms. The lowest BCUT2D eigenvalue weighted by molar-refractivity contribution is 0.0931. The summed E-state index contributed by atoms with van der Waals surface area (Å²) in [6, 6.07) is 13.4. The van der Waals surface area contributed by atoms with Crippen molar-refractivity contribution in [1.82, 2.24) is 20.1 Å². The van der Waals surface area contributed by atoms with Gasteiger partial charge in [0.25, 0.3) is 5.91 Å². The molecule has 5 heteroatoms. The zero-order chi connectivity index (χ0) is 16.1. The molecule has 3 rings (SSSR count). The average Bonchev–Trinajstić information content (AvgIpc) is 3.08. The summed E-state index contributed by atoms with van der Waals surface area (Å²) in [7, 11) is 0. The molecule has 0 aliphatic rings. The molecule has 23 heavy (non-hydrogen) atoms. The molecule has 1 amide bonds. The second-order valence-electron chi connectivity index (χ2n) is 5.36. The van der Waals surface area contributed by atoms with Gasteiger partial charge in [-0.1, -0.05) is 30.3 Å². The first kappa shape index (κ1) is 15.0. The fourth-order valence-corrected chi connectivity index (χ4v) is 2.45. The summed E-state index contributed by atoms with van der Waals surface area (Å²) in [6.45, 7) is 2.48. The summed E-state index contributed by atoms with van der Waals surface area (Å²) in [4.78, 5) is 16.6. The van der Waals surface area contributed by atoms with Gasteiger partial charge in [0.15, 0.2) is 0 Å². The molecule has 0 radical (unpaired) electrons. The highest BCUT2D eigenvalue weighted by atomic mass is 16.1. The number of amides is 1. The second-order valence-corrected chi connectivity index (χ2v) is 5.36. The van der Waals surface area contributed by atoms with Crippen LogP contribution in [0.5, 0.6) is 0 Å². The predicted octanol–water partition coefficient (Wildman–Crippen LogP) is 2.76. The number of rotatable bonds is 5. The van der Waals surface area contributed by atoms with E-state index in [-0.39, 0.29) is 11.9 Å². The second kappa shape index (κ2) is 6.87. The van der Waals surface area contributed by atoms with Crippen molar-refractivity contribution in [1.29, 1.82) is 0 Å². The summed E-state index contributed by atoms with van der Waals surface area (Å²) in [5.74, 6) is -0.128. The molecule has 0 saturated carbocycles. The van der Waals surface area contributed by atoms with Crippen molar-refractivity contribution >= 4 is 5.91 Å².